The summed E-state index contributed by atoms with van der Waals surface area (Å²) in [6, 6.07) is 8.29. The van der Waals surface area contributed by atoms with E-state index in [2.05, 4.69) is 57.2 Å². The number of hydrogen-bond donors (Lipinski definition) is 1. The monoisotopic (exact) mass is 365 g/mol. The van der Waals surface area contributed by atoms with Crippen molar-refractivity contribution in [1.82, 2.24) is 15.3 Å². The second-order valence-electron chi connectivity index (χ2n) is 5.27. The van der Waals surface area contributed by atoms with Gasteiger partial charge in [0.1, 0.15) is 5.82 Å². The molecule has 1 aromatic carbocycles. The normalized spacial score (nSPS) is 11.0. The van der Waals surface area contributed by atoms with Crippen molar-refractivity contribution >= 4 is 27.7 Å². The molecule has 3 nitrogen and oxygen atoms in total. The maximum atomic E-state index is 4.43. The van der Waals surface area contributed by atoms with Gasteiger partial charge in [-0.3, -0.25) is 0 Å². The highest BCUT2D eigenvalue weighted by molar-refractivity contribution is 9.10. The fourth-order valence-corrected chi connectivity index (χ4v) is 2.77. The second-order valence-corrected chi connectivity index (χ2v) is 7.24. The average Bonchev–Trinajstić information content (AvgIpc) is 2.48. The van der Waals surface area contributed by atoms with Crippen molar-refractivity contribution in [2.24, 2.45) is 5.92 Å². The van der Waals surface area contributed by atoms with Crippen LogP contribution in [0, 0.1) is 5.92 Å². The van der Waals surface area contributed by atoms with E-state index in [9.17, 15) is 0 Å². The van der Waals surface area contributed by atoms with Gasteiger partial charge >= 0.3 is 0 Å². The minimum absolute atomic E-state index is 0.660. The van der Waals surface area contributed by atoms with Gasteiger partial charge in [0.25, 0.3) is 0 Å². The van der Waals surface area contributed by atoms with Crippen molar-refractivity contribution < 1.29 is 0 Å². The van der Waals surface area contributed by atoms with Crippen LogP contribution in [0.2, 0.25) is 0 Å². The molecular formula is C16H20BrN3S. The lowest BCUT2D eigenvalue weighted by atomic mass is 10.2. The molecule has 0 spiro atoms. The maximum absolute atomic E-state index is 4.43. The summed E-state index contributed by atoms with van der Waals surface area (Å²) in [5.41, 5.74) is 1.13. The summed E-state index contributed by atoms with van der Waals surface area (Å²) < 4.78 is 1.10. The Balaban J connectivity index is 1.80. The van der Waals surface area contributed by atoms with Crippen LogP contribution in [-0.2, 0) is 12.3 Å². The Morgan fingerprint density at radius 3 is 2.43 bits per heavy atom. The molecule has 5 heteroatoms. The van der Waals surface area contributed by atoms with Gasteiger partial charge in [-0.15, -0.1) is 11.8 Å². The van der Waals surface area contributed by atoms with Crippen molar-refractivity contribution in [2.45, 2.75) is 31.0 Å². The SMILES string of the molecule is CC(C)CNCc1cnc(CSc2ccc(Br)cc2)nc1. The zero-order valence-corrected chi connectivity index (χ0v) is 14.7. The predicted octanol–water partition coefficient (Wildman–Crippen LogP) is 4.28. The lowest BCUT2D eigenvalue weighted by Crippen LogP contribution is -2.19. The largest absolute Gasteiger partial charge is 0.312 e. The van der Waals surface area contributed by atoms with E-state index in [1.54, 1.807) is 11.8 Å². The smallest absolute Gasteiger partial charge is 0.138 e. The molecule has 112 valence electrons. The highest BCUT2D eigenvalue weighted by Gasteiger charge is 2.01. The molecule has 1 aromatic heterocycles. The van der Waals surface area contributed by atoms with Gasteiger partial charge in [0.15, 0.2) is 0 Å². The third-order valence-corrected chi connectivity index (χ3v) is 4.36. The molecule has 0 aliphatic carbocycles. The van der Waals surface area contributed by atoms with E-state index in [1.807, 2.05) is 24.5 Å². The molecule has 0 radical (unpaired) electrons. The fraction of sp³-hybridized carbons (Fsp3) is 0.375. The summed E-state index contributed by atoms with van der Waals surface area (Å²) in [6.45, 7) is 6.25. The van der Waals surface area contributed by atoms with E-state index in [4.69, 9.17) is 0 Å². The van der Waals surface area contributed by atoms with Crippen molar-refractivity contribution in [2.75, 3.05) is 6.54 Å². The molecule has 2 rings (SSSR count). The molecule has 0 unspecified atom stereocenters. The molecule has 1 N–H and O–H groups in total. The Hall–Kier alpha value is -0.910. The number of rotatable bonds is 7. The summed E-state index contributed by atoms with van der Waals surface area (Å²) >= 11 is 5.19. The highest BCUT2D eigenvalue weighted by Crippen LogP contribution is 2.23. The van der Waals surface area contributed by atoms with Gasteiger partial charge in [0.05, 0.1) is 5.75 Å². The summed E-state index contributed by atoms with van der Waals surface area (Å²) in [4.78, 5) is 10.1. The van der Waals surface area contributed by atoms with Crippen molar-refractivity contribution in [3.05, 3.63) is 52.5 Å². The van der Waals surface area contributed by atoms with E-state index < -0.39 is 0 Å². The lowest BCUT2D eigenvalue weighted by molar-refractivity contribution is 0.551. The van der Waals surface area contributed by atoms with Gasteiger partial charge in [-0.05, 0) is 36.7 Å². The van der Waals surface area contributed by atoms with Crippen LogP contribution in [0.5, 0.6) is 0 Å². The van der Waals surface area contributed by atoms with E-state index in [-0.39, 0.29) is 0 Å². The Kier molecular flexibility index (Phi) is 6.67. The van der Waals surface area contributed by atoms with E-state index in [0.717, 1.165) is 34.7 Å². The molecular weight excluding hydrogens is 346 g/mol. The minimum atomic E-state index is 0.660. The van der Waals surface area contributed by atoms with Gasteiger partial charge in [-0.2, -0.15) is 0 Å². The highest BCUT2D eigenvalue weighted by atomic mass is 79.9. The Bertz CT molecular complexity index is 540. The van der Waals surface area contributed by atoms with E-state index in [0.29, 0.717) is 5.92 Å². The first-order chi connectivity index (χ1) is 10.1. The van der Waals surface area contributed by atoms with E-state index in [1.165, 1.54) is 4.90 Å². The van der Waals surface area contributed by atoms with Crippen LogP contribution in [-0.4, -0.2) is 16.5 Å². The van der Waals surface area contributed by atoms with Crippen molar-refractivity contribution in [1.29, 1.82) is 0 Å². The first kappa shape index (κ1) is 16.5. The predicted molar refractivity (Wildman–Crippen MR) is 92.3 cm³/mol. The second kappa shape index (κ2) is 8.51. The molecule has 0 saturated heterocycles. The molecule has 0 atom stereocenters. The van der Waals surface area contributed by atoms with Gasteiger partial charge in [0.2, 0.25) is 0 Å². The Labute approximate surface area is 139 Å². The molecule has 0 saturated carbocycles. The molecule has 0 aliphatic rings. The van der Waals surface area contributed by atoms with Crippen LogP contribution in [0.3, 0.4) is 0 Å². The van der Waals surface area contributed by atoms with Gasteiger partial charge < -0.3 is 5.32 Å². The number of aromatic nitrogens is 2. The van der Waals surface area contributed by atoms with Crippen LogP contribution in [0.25, 0.3) is 0 Å². The minimum Gasteiger partial charge on any atom is -0.312 e. The third kappa shape index (κ3) is 6.16. The topological polar surface area (TPSA) is 37.8 Å². The van der Waals surface area contributed by atoms with Crippen LogP contribution in [0.15, 0.2) is 46.0 Å². The quantitative estimate of drug-likeness (QED) is 0.743. The van der Waals surface area contributed by atoms with Gasteiger partial charge in [0, 0.05) is 33.9 Å². The molecule has 21 heavy (non-hydrogen) atoms. The summed E-state index contributed by atoms with van der Waals surface area (Å²) in [6.07, 6.45) is 3.83. The number of benzene rings is 1. The molecule has 0 aliphatic heterocycles. The third-order valence-electron chi connectivity index (χ3n) is 2.82. The molecule has 2 aromatic rings. The number of halogens is 1. The van der Waals surface area contributed by atoms with E-state index >= 15 is 0 Å². The first-order valence-electron chi connectivity index (χ1n) is 7.02. The molecule has 0 bridgehead atoms. The number of nitrogens with one attached hydrogen (secondary N) is 1. The van der Waals surface area contributed by atoms with Crippen molar-refractivity contribution in [3.8, 4) is 0 Å². The molecule has 0 fully saturated rings. The zero-order valence-electron chi connectivity index (χ0n) is 12.3. The van der Waals surface area contributed by atoms with Gasteiger partial charge in [-0.1, -0.05) is 29.8 Å². The first-order valence-corrected chi connectivity index (χ1v) is 8.80. The van der Waals surface area contributed by atoms with Crippen molar-refractivity contribution in [3.63, 3.8) is 0 Å². The number of nitrogens with zero attached hydrogens (tertiary/aromatic N) is 2. The summed E-state index contributed by atoms with van der Waals surface area (Å²) in [5, 5.41) is 3.39. The summed E-state index contributed by atoms with van der Waals surface area (Å²) in [7, 11) is 0. The van der Waals surface area contributed by atoms with Gasteiger partial charge in [-0.25, -0.2) is 9.97 Å². The molecule has 0 amide bonds. The Morgan fingerprint density at radius 1 is 1.14 bits per heavy atom. The summed E-state index contributed by atoms with van der Waals surface area (Å²) in [5.74, 6) is 2.32. The Morgan fingerprint density at radius 2 is 1.81 bits per heavy atom. The van der Waals surface area contributed by atoms with Crippen LogP contribution >= 0.6 is 27.7 Å². The standard InChI is InChI=1S/C16H20BrN3S/c1-12(2)7-18-8-13-9-19-16(20-10-13)11-21-15-5-3-14(17)4-6-15/h3-6,9-10,12,18H,7-8,11H2,1-2H3. The zero-order chi connectivity index (χ0) is 15.1. The lowest BCUT2D eigenvalue weighted by Gasteiger charge is -2.07. The van der Waals surface area contributed by atoms with Crippen LogP contribution in [0.1, 0.15) is 25.2 Å². The fourth-order valence-electron chi connectivity index (χ4n) is 1.73. The van der Waals surface area contributed by atoms with Crippen LogP contribution in [0.4, 0.5) is 0 Å². The maximum Gasteiger partial charge on any atom is 0.138 e. The number of hydrogen-bond acceptors (Lipinski definition) is 4. The average molecular weight is 366 g/mol. The molecule has 1 heterocycles. The van der Waals surface area contributed by atoms with Crippen LogP contribution < -0.4 is 5.32 Å². The number of thioether (sulfide) groups is 1.